The van der Waals surface area contributed by atoms with Crippen LogP contribution in [0.4, 0.5) is 5.69 Å². The molecule has 308 valence electrons. The topological polar surface area (TPSA) is 206 Å². The fraction of sp³-hybridized carbons (Fsp3) is 0.558. The van der Waals surface area contributed by atoms with E-state index in [-0.39, 0.29) is 55.4 Å². The van der Waals surface area contributed by atoms with Gasteiger partial charge in [0.2, 0.25) is 0 Å². The van der Waals surface area contributed by atoms with Crippen molar-refractivity contribution in [3.05, 3.63) is 58.0 Å². The summed E-state index contributed by atoms with van der Waals surface area (Å²) in [7, 11) is 1.47. The number of carbonyl (C=O) groups excluding carboxylic acids is 3. The molecule has 2 aromatic carbocycles. The standard InChI is InChI=1S/C43H55N3O11/c1-20-14-13-15-21(2)41(53)44-33-32-31(45-43(46-32)17-11-10-12-18-43)28-29(37(33)51)36(50)25(6)39-30(28)40(52)42(8,57-39)55-19-16-27(54-9)22(3)38(56-26(7)47)24(5)35(49)23(4)34(20)48/h13-16,19-20,22-24,27,34-35,38,48-51H,10-12,17-18H2,1-9H3,(H,44,53)/b14-13+,19-16+,21-15-/t20-,22+,23+,24+,27-,34-,35+,38+,42-/m0/s1. The summed E-state index contributed by atoms with van der Waals surface area (Å²) in [4.78, 5) is 50.8. The van der Waals surface area contributed by atoms with E-state index in [4.69, 9.17) is 28.9 Å². The SMILES string of the molecule is CO[C@H]1/C=C/O[C@@]2(C)Oc3c(C)c(O)c4c(O)c(c5c(c4c3C2=O)=NC2(CCCCC2)N=5)NC(=O)/C(C)=C\C=C\[C@H](C)[C@H](O)[C@@H](C)[C@@H](O)[C@@H](C)[C@H](OC(C)=O)[C@@H]1C. The maximum atomic E-state index is 14.6. The number of carbonyl (C=O) groups is 3. The fourth-order valence-electron chi connectivity index (χ4n) is 8.71. The number of phenolic OH excluding ortho intramolecular Hbond substituents is 2. The molecule has 0 unspecified atom stereocenters. The van der Waals surface area contributed by atoms with Gasteiger partial charge in [0.25, 0.3) is 11.7 Å². The zero-order chi connectivity index (χ0) is 41.7. The average Bonchev–Trinajstić information content (AvgIpc) is 3.67. The second-order valence-electron chi connectivity index (χ2n) is 16.3. The van der Waals surface area contributed by atoms with Crippen molar-refractivity contribution < 1.29 is 53.8 Å². The monoisotopic (exact) mass is 789 g/mol. The van der Waals surface area contributed by atoms with Crippen LogP contribution in [0.1, 0.15) is 96.5 Å². The number of aliphatic hydroxyl groups is 2. The molecule has 1 saturated carbocycles. The van der Waals surface area contributed by atoms with Gasteiger partial charge < -0.3 is 44.7 Å². The Hall–Kier alpha value is -4.79. The van der Waals surface area contributed by atoms with Gasteiger partial charge in [-0.05, 0) is 45.6 Å². The molecule has 9 atom stereocenters. The van der Waals surface area contributed by atoms with E-state index < -0.39 is 82.9 Å². The highest BCUT2D eigenvalue weighted by Crippen LogP contribution is 2.50. The molecular weight excluding hydrogens is 734 g/mol. The number of anilines is 1. The first-order valence-corrected chi connectivity index (χ1v) is 19.7. The van der Waals surface area contributed by atoms with E-state index in [1.807, 2.05) is 0 Å². The van der Waals surface area contributed by atoms with Gasteiger partial charge in [0.05, 0.1) is 40.9 Å². The number of amides is 1. The number of ketones is 1. The van der Waals surface area contributed by atoms with Gasteiger partial charge in [-0.25, -0.2) is 0 Å². The van der Waals surface area contributed by atoms with Crippen molar-refractivity contribution in [1.82, 2.24) is 0 Å². The van der Waals surface area contributed by atoms with Crippen molar-refractivity contribution in [3.63, 3.8) is 0 Å². The first kappa shape index (κ1) is 41.8. The smallest absolute Gasteiger partial charge is 0.312 e. The Labute approximate surface area is 332 Å². The third-order valence-corrected chi connectivity index (χ3v) is 12.3. The summed E-state index contributed by atoms with van der Waals surface area (Å²) in [6.45, 7) is 12.9. The summed E-state index contributed by atoms with van der Waals surface area (Å²) in [5.74, 6) is -6.82. The van der Waals surface area contributed by atoms with Crippen LogP contribution in [0.25, 0.3) is 10.8 Å². The first-order valence-electron chi connectivity index (χ1n) is 19.7. The van der Waals surface area contributed by atoms with E-state index in [9.17, 15) is 34.8 Å². The lowest BCUT2D eigenvalue weighted by molar-refractivity contribution is -0.160. The van der Waals surface area contributed by atoms with E-state index in [1.165, 1.54) is 27.2 Å². The summed E-state index contributed by atoms with van der Waals surface area (Å²) < 4.78 is 23.9. The number of aliphatic hydroxyl groups excluding tert-OH is 2. The van der Waals surface area contributed by atoms with E-state index in [0.29, 0.717) is 12.8 Å². The number of phenols is 2. The predicted molar refractivity (Wildman–Crippen MR) is 210 cm³/mol. The Morgan fingerprint density at radius 1 is 0.912 bits per heavy atom. The van der Waals surface area contributed by atoms with Gasteiger partial charge in [0.1, 0.15) is 28.6 Å². The van der Waals surface area contributed by atoms with Crippen LogP contribution in [0.5, 0.6) is 17.2 Å². The van der Waals surface area contributed by atoms with Crippen molar-refractivity contribution in [2.24, 2.45) is 33.7 Å². The van der Waals surface area contributed by atoms with Crippen molar-refractivity contribution in [2.45, 2.75) is 123 Å². The molecule has 1 aliphatic carbocycles. The highest BCUT2D eigenvalue weighted by molar-refractivity contribution is 6.19. The molecule has 57 heavy (non-hydrogen) atoms. The van der Waals surface area contributed by atoms with Crippen LogP contribution in [0, 0.1) is 30.6 Å². The fourth-order valence-corrected chi connectivity index (χ4v) is 8.71. The molecule has 2 aromatic rings. The first-order chi connectivity index (χ1) is 26.9. The number of Topliss-reactive ketones (excluding diaryl/α,β-unsaturated/α-hetero) is 1. The van der Waals surface area contributed by atoms with Gasteiger partial charge >= 0.3 is 11.8 Å². The molecule has 1 amide bonds. The number of hydrogen-bond donors (Lipinski definition) is 5. The number of nitrogens with zero attached hydrogens (tertiary/aromatic N) is 2. The number of allylic oxidation sites excluding steroid dienone is 2. The molecule has 0 aromatic heterocycles. The molecule has 3 heterocycles. The molecule has 6 rings (SSSR count). The second kappa shape index (κ2) is 15.9. The molecule has 4 bridgehead atoms. The lowest BCUT2D eigenvalue weighted by Crippen LogP contribution is -2.46. The minimum absolute atomic E-state index is 0.0444. The zero-order valence-electron chi connectivity index (χ0n) is 34.1. The van der Waals surface area contributed by atoms with Gasteiger partial charge in [-0.3, -0.25) is 24.4 Å². The molecule has 4 aliphatic rings. The van der Waals surface area contributed by atoms with Gasteiger partial charge in [0, 0.05) is 61.2 Å². The third kappa shape index (κ3) is 7.43. The minimum Gasteiger partial charge on any atom is -0.507 e. The molecule has 14 nitrogen and oxygen atoms in total. The Morgan fingerprint density at radius 2 is 1.58 bits per heavy atom. The van der Waals surface area contributed by atoms with Crippen LogP contribution in [-0.4, -0.2) is 81.1 Å². The molecule has 1 fully saturated rings. The van der Waals surface area contributed by atoms with Gasteiger partial charge in [-0.15, -0.1) is 0 Å². The Bertz CT molecular complexity index is 2190. The van der Waals surface area contributed by atoms with Crippen molar-refractivity contribution >= 4 is 34.1 Å². The maximum absolute atomic E-state index is 14.6. The number of nitrogens with one attached hydrogen (secondary N) is 1. The molecule has 14 heteroatoms. The number of benzene rings is 2. The Kier molecular flexibility index (Phi) is 11.6. The van der Waals surface area contributed by atoms with Crippen LogP contribution in [0.2, 0.25) is 0 Å². The Balaban J connectivity index is 1.55. The van der Waals surface area contributed by atoms with Crippen LogP contribution in [-0.2, 0) is 23.8 Å². The number of ether oxygens (including phenoxy) is 4. The highest BCUT2D eigenvalue weighted by Gasteiger charge is 2.50. The normalized spacial score (nSPS) is 33.6. The Morgan fingerprint density at radius 3 is 2.23 bits per heavy atom. The van der Waals surface area contributed by atoms with Crippen LogP contribution < -0.4 is 20.8 Å². The number of hydrogen-bond acceptors (Lipinski definition) is 13. The number of aromatic hydroxyl groups is 2. The second-order valence-corrected chi connectivity index (χ2v) is 16.3. The lowest BCUT2D eigenvalue weighted by atomic mass is 9.78. The van der Waals surface area contributed by atoms with Gasteiger partial charge in [-0.2, -0.15) is 0 Å². The summed E-state index contributed by atoms with van der Waals surface area (Å²) in [6.07, 6.45) is 7.92. The average molecular weight is 790 g/mol. The zero-order valence-corrected chi connectivity index (χ0v) is 34.1. The quantitative estimate of drug-likeness (QED) is 0.203. The highest BCUT2D eigenvalue weighted by atomic mass is 16.7. The largest absolute Gasteiger partial charge is 0.507 e. The maximum Gasteiger partial charge on any atom is 0.312 e. The summed E-state index contributed by atoms with van der Waals surface area (Å²) in [5, 5.41) is 49.9. The van der Waals surface area contributed by atoms with Crippen LogP contribution >= 0.6 is 0 Å². The lowest BCUT2D eigenvalue weighted by Gasteiger charge is -2.38. The summed E-state index contributed by atoms with van der Waals surface area (Å²) in [6, 6.07) is 0. The number of rotatable bonds is 2. The van der Waals surface area contributed by atoms with Crippen molar-refractivity contribution in [1.29, 1.82) is 0 Å². The van der Waals surface area contributed by atoms with Crippen LogP contribution in [0.3, 0.4) is 0 Å². The summed E-state index contributed by atoms with van der Waals surface area (Å²) >= 11 is 0. The summed E-state index contributed by atoms with van der Waals surface area (Å²) in [5.41, 5.74) is -0.469. The number of esters is 1. The van der Waals surface area contributed by atoms with Gasteiger partial charge in [-0.1, -0.05) is 52.3 Å². The van der Waals surface area contributed by atoms with Crippen molar-refractivity contribution in [2.75, 3.05) is 12.4 Å². The molecule has 1 spiro atoms. The van der Waals surface area contributed by atoms with E-state index in [0.717, 1.165) is 19.3 Å². The van der Waals surface area contributed by atoms with E-state index in [2.05, 4.69) is 5.32 Å². The van der Waals surface area contributed by atoms with Gasteiger partial charge in [0.15, 0.2) is 11.4 Å². The third-order valence-electron chi connectivity index (χ3n) is 12.3. The molecule has 0 saturated heterocycles. The minimum atomic E-state index is -1.94. The molecular formula is C43H55N3O11. The van der Waals surface area contributed by atoms with Crippen molar-refractivity contribution in [3.8, 4) is 17.2 Å². The molecule has 3 aliphatic heterocycles. The van der Waals surface area contributed by atoms with E-state index in [1.54, 1.807) is 65.8 Å². The molecule has 0 radical (unpaired) electrons. The number of fused-ring (bicyclic) bond motifs is 1. The van der Waals surface area contributed by atoms with Crippen LogP contribution in [0.15, 0.2) is 46.1 Å². The predicted octanol–water partition coefficient (Wildman–Crippen LogP) is 4.96. The number of methoxy groups -OCH3 is 1. The van der Waals surface area contributed by atoms with E-state index >= 15 is 0 Å². The molecule has 5 N–H and O–H groups in total.